The Morgan fingerprint density at radius 2 is 2.11 bits per heavy atom. The van der Waals surface area contributed by atoms with Crippen LogP contribution in [-0.4, -0.2) is 9.97 Å². The molecule has 5 heteroatoms. The minimum Gasteiger partial charge on any atom is -0.389 e. The number of hydrogen-bond acceptors (Lipinski definition) is 4. The first kappa shape index (κ1) is 14.0. The molecule has 100 valence electrons. The van der Waals surface area contributed by atoms with Gasteiger partial charge in [0.15, 0.2) is 0 Å². The van der Waals surface area contributed by atoms with E-state index in [1.807, 2.05) is 13.0 Å². The summed E-state index contributed by atoms with van der Waals surface area (Å²) >= 11 is 6.89. The number of nitrogens with zero attached hydrogens (tertiary/aromatic N) is 1. The fourth-order valence-electron chi connectivity index (χ4n) is 1.94. The summed E-state index contributed by atoms with van der Waals surface area (Å²) in [5.41, 5.74) is 7.66. The van der Waals surface area contributed by atoms with E-state index in [2.05, 4.69) is 36.3 Å². The van der Waals surface area contributed by atoms with Crippen LogP contribution in [0.4, 0.5) is 5.82 Å². The molecular weight excluding hydrogens is 274 g/mol. The molecule has 2 rings (SSSR count). The van der Waals surface area contributed by atoms with E-state index in [-0.39, 0.29) is 6.04 Å². The van der Waals surface area contributed by atoms with E-state index in [0.29, 0.717) is 4.99 Å². The van der Waals surface area contributed by atoms with Gasteiger partial charge in [0.25, 0.3) is 0 Å². The molecule has 0 saturated carbocycles. The molecule has 0 fully saturated rings. The number of pyridine rings is 1. The third-order valence-corrected chi connectivity index (χ3v) is 4.33. The molecule has 0 aromatic carbocycles. The Balaban J connectivity index is 2.28. The Hall–Kier alpha value is -1.46. The molecule has 3 N–H and O–H groups in total. The first-order valence-corrected chi connectivity index (χ1v) is 7.29. The van der Waals surface area contributed by atoms with Crippen molar-refractivity contribution in [2.75, 3.05) is 5.32 Å². The average Bonchev–Trinajstić information content (AvgIpc) is 2.75. The summed E-state index contributed by atoms with van der Waals surface area (Å²) in [6, 6.07) is 6.35. The standard InChI is InChI=1S/C14H17N3S2/c1-8-6-7-16-14(12(8)13(15)18)17-10(3)11-5-4-9(2)19-11/h4-7,10H,1-3H3,(H2,15,18)(H,16,17). The van der Waals surface area contributed by atoms with E-state index in [1.54, 1.807) is 17.5 Å². The van der Waals surface area contributed by atoms with Gasteiger partial charge in [0.1, 0.15) is 10.8 Å². The van der Waals surface area contributed by atoms with E-state index in [9.17, 15) is 0 Å². The van der Waals surface area contributed by atoms with Gasteiger partial charge in [-0.25, -0.2) is 4.98 Å². The Bertz CT molecular complexity index is 604. The molecule has 2 aromatic heterocycles. The molecule has 0 aliphatic carbocycles. The third-order valence-electron chi connectivity index (χ3n) is 2.95. The molecule has 2 aromatic rings. The Labute approximate surface area is 122 Å². The van der Waals surface area contributed by atoms with Crippen LogP contribution in [0.15, 0.2) is 24.4 Å². The minimum absolute atomic E-state index is 0.182. The summed E-state index contributed by atoms with van der Waals surface area (Å²) in [5.74, 6) is 0.756. The molecule has 2 heterocycles. The van der Waals surface area contributed by atoms with Crippen molar-refractivity contribution in [3.05, 3.63) is 45.3 Å². The van der Waals surface area contributed by atoms with Crippen LogP contribution < -0.4 is 11.1 Å². The molecule has 0 saturated heterocycles. The number of aryl methyl sites for hydroxylation is 2. The normalized spacial score (nSPS) is 12.2. The molecule has 3 nitrogen and oxygen atoms in total. The maximum atomic E-state index is 5.79. The Morgan fingerprint density at radius 1 is 1.37 bits per heavy atom. The monoisotopic (exact) mass is 291 g/mol. The second kappa shape index (κ2) is 5.67. The molecule has 0 aliphatic rings. The van der Waals surface area contributed by atoms with Gasteiger partial charge in [-0.15, -0.1) is 11.3 Å². The molecular formula is C14H17N3S2. The third kappa shape index (κ3) is 3.11. The fraction of sp³-hybridized carbons (Fsp3) is 0.286. The van der Waals surface area contributed by atoms with Gasteiger partial charge in [0.2, 0.25) is 0 Å². The van der Waals surface area contributed by atoms with E-state index in [4.69, 9.17) is 18.0 Å². The van der Waals surface area contributed by atoms with Crippen LogP contribution in [0.2, 0.25) is 0 Å². The zero-order chi connectivity index (χ0) is 14.0. The van der Waals surface area contributed by atoms with Crippen LogP contribution in [0, 0.1) is 13.8 Å². The van der Waals surface area contributed by atoms with Crippen molar-refractivity contribution in [1.29, 1.82) is 0 Å². The number of thiocarbonyl (C=S) groups is 1. The lowest BCUT2D eigenvalue weighted by atomic mass is 10.1. The van der Waals surface area contributed by atoms with Crippen LogP contribution in [-0.2, 0) is 0 Å². The largest absolute Gasteiger partial charge is 0.389 e. The highest BCUT2D eigenvalue weighted by atomic mass is 32.1. The first-order valence-electron chi connectivity index (χ1n) is 6.07. The molecule has 0 spiro atoms. The van der Waals surface area contributed by atoms with Crippen LogP contribution in [0.3, 0.4) is 0 Å². The predicted molar refractivity (Wildman–Crippen MR) is 86.0 cm³/mol. The second-order valence-corrected chi connectivity index (χ2v) is 6.29. The van der Waals surface area contributed by atoms with Crippen LogP contribution in [0.5, 0.6) is 0 Å². The zero-order valence-electron chi connectivity index (χ0n) is 11.2. The molecule has 0 bridgehead atoms. The minimum atomic E-state index is 0.182. The number of nitrogens with two attached hydrogens (primary N) is 1. The van der Waals surface area contributed by atoms with E-state index >= 15 is 0 Å². The van der Waals surface area contributed by atoms with Crippen molar-refractivity contribution in [2.45, 2.75) is 26.8 Å². The summed E-state index contributed by atoms with van der Waals surface area (Å²) in [4.78, 5) is 7.31. The molecule has 0 aliphatic heterocycles. The van der Waals surface area contributed by atoms with E-state index in [0.717, 1.165) is 16.9 Å². The molecule has 0 radical (unpaired) electrons. The van der Waals surface area contributed by atoms with Gasteiger partial charge in [-0.2, -0.15) is 0 Å². The maximum Gasteiger partial charge on any atom is 0.136 e. The summed E-state index contributed by atoms with van der Waals surface area (Å²) in [6.07, 6.45) is 1.77. The van der Waals surface area contributed by atoms with E-state index in [1.165, 1.54) is 9.75 Å². The quantitative estimate of drug-likeness (QED) is 0.846. The van der Waals surface area contributed by atoms with Crippen LogP contribution in [0.1, 0.15) is 33.8 Å². The van der Waals surface area contributed by atoms with Crippen molar-refractivity contribution < 1.29 is 0 Å². The topological polar surface area (TPSA) is 50.9 Å². The lowest BCUT2D eigenvalue weighted by molar-refractivity contribution is 0.895. The maximum absolute atomic E-state index is 5.79. The summed E-state index contributed by atoms with van der Waals surface area (Å²) in [5, 5.41) is 3.39. The SMILES string of the molecule is Cc1ccc(C(C)Nc2nccc(C)c2C(N)=S)s1. The number of hydrogen-bond donors (Lipinski definition) is 2. The lowest BCUT2D eigenvalue weighted by Crippen LogP contribution is -2.17. The van der Waals surface area contributed by atoms with Gasteiger partial charge in [0, 0.05) is 16.0 Å². The van der Waals surface area contributed by atoms with Crippen molar-refractivity contribution in [1.82, 2.24) is 4.98 Å². The fourth-order valence-corrected chi connectivity index (χ4v) is 3.08. The first-order chi connectivity index (χ1) is 8.99. The smallest absolute Gasteiger partial charge is 0.136 e. The highest BCUT2D eigenvalue weighted by Gasteiger charge is 2.14. The predicted octanol–water partition coefficient (Wildman–Crippen LogP) is 3.57. The van der Waals surface area contributed by atoms with Crippen molar-refractivity contribution in [2.24, 2.45) is 5.73 Å². The van der Waals surface area contributed by atoms with Gasteiger partial charge in [-0.1, -0.05) is 12.2 Å². The lowest BCUT2D eigenvalue weighted by Gasteiger charge is -2.17. The molecule has 1 atom stereocenters. The highest BCUT2D eigenvalue weighted by molar-refractivity contribution is 7.80. The summed E-state index contributed by atoms with van der Waals surface area (Å²) in [6.45, 7) is 6.20. The molecule has 19 heavy (non-hydrogen) atoms. The van der Waals surface area contributed by atoms with Crippen LogP contribution >= 0.6 is 23.6 Å². The number of aromatic nitrogens is 1. The number of thiophene rings is 1. The Kier molecular flexibility index (Phi) is 4.17. The summed E-state index contributed by atoms with van der Waals surface area (Å²) < 4.78 is 0. The van der Waals surface area contributed by atoms with Gasteiger partial charge in [-0.05, 0) is 44.5 Å². The van der Waals surface area contributed by atoms with Crippen molar-refractivity contribution in [3.63, 3.8) is 0 Å². The zero-order valence-corrected chi connectivity index (χ0v) is 12.9. The van der Waals surface area contributed by atoms with Gasteiger partial charge >= 0.3 is 0 Å². The number of nitrogens with one attached hydrogen (secondary N) is 1. The van der Waals surface area contributed by atoms with Crippen molar-refractivity contribution in [3.8, 4) is 0 Å². The van der Waals surface area contributed by atoms with Gasteiger partial charge in [-0.3, -0.25) is 0 Å². The van der Waals surface area contributed by atoms with Gasteiger partial charge < -0.3 is 11.1 Å². The molecule has 0 amide bonds. The second-order valence-electron chi connectivity index (χ2n) is 4.53. The van der Waals surface area contributed by atoms with Crippen molar-refractivity contribution >= 4 is 34.4 Å². The molecule has 1 unspecified atom stereocenters. The summed E-state index contributed by atoms with van der Waals surface area (Å²) in [7, 11) is 0. The van der Waals surface area contributed by atoms with Gasteiger partial charge in [0.05, 0.1) is 11.6 Å². The average molecular weight is 291 g/mol. The number of anilines is 1. The number of rotatable bonds is 4. The van der Waals surface area contributed by atoms with E-state index < -0.39 is 0 Å². The Morgan fingerprint density at radius 3 is 2.68 bits per heavy atom. The highest BCUT2D eigenvalue weighted by Crippen LogP contribution is 2.27. The van der Waals surface area contributed by atoms with Crippen LogP contribution in [0.25, 0.3) is 0 Å².